The summed E-state index contributed by atoms with van der Waals surface area (Å²) < 4.78 is 0. The van der Waals surface area contributed by atoms with Crippen molar-refractivity contribution in [1.82, 2.24) is 5.32 Å². The van der Waals surface area contributed by atoms with Crippen LogP contribution in [-0.4, -0.2) is 14.1 Å². The second-order valence-electron chi connectivity index (χ2n) is 3.74. The predicted octanol–water partition coefficient (Wildman–Crippen LogP) is 2.35. The van der Waals surface area contributed by atoms with Gasteiger partial charge in [0.1, 0.15) is 0 Å². The molecule has 0 spiro atoms. The molecule has 3 heteroatoms. The highest BCUT2D eigenvalue weighted by Gasteiger charge is 1.95. The molecule has 2 rings (SSSR count). The van der Waals surface area contributed by atoms with Crippen LogP contribution >= 0.6 is 0 Å². The maximum atomic E-state index is 5.61. The molecule has 0 heterocycles. The minimum Gasteiger partial charge on any atom is -0.399 e. The molecule has 0 aromatic heterocycles. The van der Waals surface area contributed by atoms with Gasteiger partial charge in [-0.05, 0) is 49.5 Å². The first-order chi connectivity index (χ1) is 8.17. The maximum absolute atomic E-state index is 5.61. The average Bonchev–Trinajstić information content (AvgIpc) is 2.32. The molecule has 0 bridgehead atoms. The van der Waals surface area contributed by atoms with Gasteiger partial charge in [0.25, 0.3) is 0 Å². The third-order valence-electron chi connectivity index (χ3n) is 2.15. The third kappa shape index (κ3) is 4.17. The van der Waals surface area contributed by atoms with Gasteiger partial charge in [0.15, 0.2) is 0 Å². The SMILES string of the molecule is CNC.Nc1ccc(-c2ccc(N)cc2)cc1. The average molecular weight is 229 g/mol. The van der Waals surface area contributed by atoms with Crippen molar-refractivity contribution in [3.8, 4) is 11.1 Å². The standard InChI is InChI=1S/C12H12N2.C2H7N/c13-11-5-1-9(2-6-11)10-3-7-12(14)8-4-10;1-3-2/h1-8H,13-14H2;3H,1-2H3. The lowest BCUT2D eigenvalue weighted by Crippen LogP contribution is -1.89. The van der Waals surface area contributed by atoms with Gasteiger partial charge in [-0.1, -0.05) is 24.3 Å². The molecule has 0 aliphatic carbocycles. The number of hydrogen-bond donors (Lipinski definition) is 3. The first-order valence-corrected chi connectivity index (χ1v) is 5.47. The van der Waals surface area contributed by atoms with Crippen LogP contribution in [0.15, 0.2) is 48.5 Å². The molecule has 0 saturated carbocycles. The van der Waals surface area contributed by atoms with E-state index in [2.05, 4.69) is 5.32 Å². The first kappa shape index (κ1) is 13.1. The van der Waals surface area contributed by atoms with Crippen LogP contribution in [0.2, 0.25) is 0 Å². The van der Waals surface area contributed by atoms with Crippen LogP contribution in [0.1, 0.15) is 0 Å². The van der Waals surface area contributed by atoms with Crippen molar-refractivity contribution in [2.45, 2.75) is 0 Å². The van der Waals surface area contributed by atoms with Crippen molar-refractivity contribution in [2.75, 3.05) is 25.6 Å². The second-order valence-corrected chi connectivity index (χ2v) is 3.74. The fraction of sp³-hybridized carbons (Fsp3) is 0.143. The van der Waals surface area contributed by atoms with Crippen LogP contribution in [0.5, 0.6) is 0 Å². The molecule has 2 aromatic carbocycles. The fourth-order valence-corrected chi connectivity index (χ4v) is 1.35. The molecule has 5 N–H and O–H groups in total. The molecule has 0 aliphatic heterocycles. The van der Waals surface area contributed by atoms with Crippen molar-refractivity contribution in [1.29, 1.82) is 0 Å². The Hall–Kier alpha value is -2.00. The molecule has 0 radical (unpaired) electrons. The van der Waals surface area contributed by atoms with E-state index in [1.807, 2.05) is 62.6 Å². The fourth-order valence-electron chi connectivity index (χ4n) is 1.35. The van der Waals surface area contributed by atoms with Gasteiger partial charge in [-0.2, -0.15) is 0 Å². The molecule has 0 aliphatic rings. The Balaban J connectivity index is 0.000000437. The Kier molecular flexibility index (Phi) is 5.04. The van der Waals surface area contributed by atoms with Crippen molar-refractivity contribution in [2.24, 2.45) is 0 Å². The molecular formula is C14H19N3. The number of rotatable bonds is 1. The molecule has 0 saturated heterocycles. The molecule has 0 amide bonds. The quantitative estimate of drug-likeness (QED) is 0.658. The van der Waals surface area contributed by atoms with Crippen LogP contribution in [0, 0.1) is 0 Å². The number of nitrogens with two attached hydrogens (primary N) is 2. The predicted molar refractivity (Wildman–Crippen MR) is 75.7 cm³/mol. The lowest BCUT2D eigenvalue weighted by atomic mass is 10.1. The van der Waals surface area contributed by atoms with Gasteiger partial charge < -0.3 is 16.8 Å². The first-order valence-electron chi connectivity index (χ1n) is 5.47. The topological polar surface area (TPSA) is 64.1 Å². The summed E-state index contributed by atoms with van der Waals surface area (Å²) in [5, 5.41) is 2.75. The van der Waals surface area contributed by atoms with E-state index in [1.54, 1.807) is 0 Å². The summed E-state index contributed by atoms with van der Waals surface area (Å²) in [7, 11) is 3.75. The summed E-state index contributed by atoms with van der Waals surface area (Å²) in [4.78, 5) is 0. The molecular weight excluding hydrogens is 210 g/mol. The molecule has 2 aromatic rings. The molecule has 0 atom stereocenters. The van der Waals surface area contributed by atoms with E-state index >= 15 is 0 Å². The molecule has 0 fully saturated rings. The van der Waals surface area contributed by atoms with E-state index in [4.69, 9.17) is 11.5 Å². The zero-order valence-electron chi connectivity index (χ0n) is 10.3. The summed E-state index contributed by atoms with van der Waals surface area (Å²) in [5.41, 5.74) is 15.1. The highest BCUT2D eigenvalue weighted by molar-refractivity contribution is 5.67. The Labute approximate surface area is 102 Å². The van der Waals surface area contributed by atoms with E-state index in [1.165, 1.54) is 0 Å². The third-order valence-corrected chi connectivity index (χ3v) is 2.15. The maximum Gasteiger partial charge on any atom is 0.0314 e. The van der Waals surface area contributed by atoms with Gasteiger partial charge in [0, 0.05) is 11.4 Å². The highest BCUT2D eigenvalue weighted by Crippen LogP contribution is 2.21. The van der Waals surface area contributed by atoms with E-state index in [-0.39, 0.29) is 0 Å². The van der Waals surface area contributed by atoms with Crippen LogP contribution in [-0.2, 0) is 0 Å². The summed E-state index contributed by atoms with van der Waals surface area (Å²) in [6.45, 7) is 0. The van der Waals surface area contributed by atoms with Gasteiger partial charge in [-0.25, -0.2) is 0 Å². The van der Waals surface area contributed by atoms with Crippen LogP contribution in [0.25, 0.3) is 11.1 Å². The molecule has 17 heavy (non-hydrogen) atoms. The Morgan fingerprint density at radius 2 is 0.882 bits per heavy atom. The van der Waals surface area contributed by atoms with Crippen LogP contribution in [0.3, 0.4) is 0 Å². The second kappa shape index (κ2) is 6.55. The zero-order chi connectivity index (χ0) is 12.7. The number of nitrogen functional groups attached to an aromatic ring is 2. The molecule has 90 valence electrons. The minimum absolute atomic E-state index is 0.782. The summed E-state index contributed by atoms with van der Waals surface area (Å²) in [6, 6.07) is 15.6. The van der Waals surface area contributed by atoms with Gasteiger partial charge in [0.2, 0.25) is 0 Å². The van der Waals surface area contributed by atoms with Crippen molar-refractivity contribution in [3.63, 3.8) is 0 Å². The molecule has 3 nitrogen and oxygen atoms in total. The zero-order valence-corrected chi connectivity index (χ0v) is 10.3. The Morgan fingerprint density at radius 1 is 0.647 bits per heavy atom. The van der Waals surface area contributed by atoms with Crippen molar-refractivity contribution >= 4 is 11.4 Å². The van der Waals surface area contributed by atoms with Gasteiger partial charge in [0.05, 0.1) is 0 Å². The van der Waals surface area contributed by atoms with Gasteiger partial charge in [-0.15, -0.1) is 0 Å². The number of hydrogen-bond acceptors (Lipinski definition) is 3. The lowest BCUT2D eigenvalue weighted by molar-refractivity contribution is 1.02. The number of nitrogens with one attached hydrogen (secondary N) is 1. The Morgan fingerprint density at radius 3 is 1.12 bits per heavy atom. The van der Waals surface area contributed by atoms with Crippen molar-refractivity contribution in [3.05, 3.63) is 48.5 Å². The summed E-state index contributed by atoms with van der Waals surface area (Å²) >= 11 is 0. The summed E-state index contributed by atoms with van der Waals surface area (Å²) in [6.07, 6.45) is 0. The van der Waals surface area contributed by atoms with Crippen LogP contribution < -0.4 is 16.8 Å². The number of benzene rings is 2. The largest absolute Gasteiger partial charge is 0.399 e. The van der Waals surface area contributed by atoms with Crippen molar-refractivity contribution < 1.29 is 0 Å². The highest BCUT2D eigenvalue weighted by atomic mass is 14.7. The van der Waals surface area contributed by atoms with Gasteiger partial charge >= 0.3 is 0 Å². The number of anilines is 2. The van der Waals surface area contributed by atoms with E-state index in [0.717, 1.165) is 22.5 Å². The monoisotopic (exact) mass is 229 g/mol. The van der Waals surface area contributed by atoms with E-state index < -0.39 is 0 Å². The van der Waals surface area contributed by atoms with Gasteiger partial charge in [-0.3, -0.25) is 0 Å². The Bertz CT molecular complexity index is 389. The van der Waals surface area contributed by atoms with E-state index in [0.29, 0.717) is 0 Å². The lowest BCUT2D eigenvalue weighted by Gasteiger charge is -2.02. The van der Waals surface area contributed by atoms with E-state index in [9.17, 15) is 0 Å². The smallest absolute Gasteiger partial charge is 0.0314 e. The summed E-state index contributed by atoms with van der Waals surface area (Å²) in [5.74, 6) is 0. The normalized spacial score (nSPS) is 9.29. The molecule has 0 unspecified atom stereocenters. The van der Waals surface area contributed by atoms with Crippen LogP contribution in [0.4, 0.5) is 11.4 Å². The minimum atomic E-state index is 0.782.